The standard InChI is InChI=1S/C22H31NO3/c1-16-3-6-19(11-17(16)2)21(24)23-9-7-22(8-10-23)12-20(26-15-22)14-25-13-18-4-5-18/h3,6,11,18,20H,4-5,7-10,12-15H2,1-2H3/t20-/m0/s1. The summed E-state index contributed by atoms with van der Waals surface area (Å²) < 4.78 is 11.9. The number of aryl methyl sites for hydroxylation is 2. The second-order valence-corrected chi connectivity index (χ2v) is 8.71. The van der Waals surface area contributed by atoms with E-state index in [0.29, 0.717) is 0 Å². The number of likely N-dealkylation sites (tertiary alicyclic amines) is 1. The maximum atomic E-state index is 12.8. The van der Waals surface area contributed by atoms with Gasteiger partial charge in [-0.1, -0.05) is 6.07 Å². The Hall–Kier alpha value is -1.39. The first kappa shape index (κ1) is 18.0. The second-order valence-electron chi connectivity index (χ2n) is 8.71. The normalized spacial score (nSPS) is 25.0. The predicted octanol–water partition coefficient (Wildman–Crippen LogP) is 3.74. The zero-order valence-corrected chi connectivity index (χ0v) is 16.1. The van der Waals surface area contributed by atoms with Gasteiger partial charge in [0, 0.05) is 25.3 Å². The van der Waals surface area contributed by atoms with E-state index in [4.69, 9.17) is 9.47 Å². The molecule has 1 aromatic rings. The van der Waals surface area contributed by atoms with E-state index < -0.39 is 0 Å². The molecule has 4 rings (SSSR count). The van der Waals surface area contributed by atoms with Crippen LogP contribution >= 0.6 is 0 Å². The van der Waals surface area contributed by atoms with Gasteiger partial charge in [-0.3, -0.25) is 4.79 Å². The van der Waals surface area contributed by atoms with E-state index in [2.05, 4.69) is 13.8 Å². The fraction of sp³-hybridized carbons (Fsp3) is 0.682. The molecule has 1 saturated carbocycles. The van der Waals surface area contributed by atoms with Gasteiger partial charge in [-0.15, -0.1) is 0 Å². The van der Waals surface area contributed by atoms with Crippen molar-refractivity contribution < 1.29 is 14.3 Å². The Morgan fingerprint density at radius 3 is 2.65 bits per heavy atom. The molecule has 0 aromatic heterocycles. The SMILES string of the molecule is Cc1ccc(C(=O)N2CCC3(CC2)CO[C@H](COCC2CC2)C3)cc1C. The monoisotopic (exact) mass is 357 g/mol. The first-order valence-corrected chi connectivity index (χ1v) is 10.1. The molecule has 2 heterocycles. The number of benzene rings is 1. The average molecular weight is 357 g/mol. The van der Waals surface area contributed by atoms with Crippen LogP contribution < -0.4 is 0 Å². The molecule has 0 unspecified atom stereocenters. The molecule has 4 heteroatoms. The van der Waals surface area contributed by atoms with Gasteiger partial charge < -0.3 is 14.4 Å². The van der Waals surface area contributed by atoms with Crippen LogP contribution in [-0.4, -0.2) is 49.8 Å². The van der Waals surface area contributed by atoms with Crippen LogP contribution in [0.25, 0.3) is 0 Å². The molecule has 0 N–H and O–H groups in total. The zero-order chi connectivity index (χ0) is 18.1. The summed E-state index contributed by atoms with van der Waals surface area (Å²) in [6.07, 6.45) is 6.09. The number of nitrogens with zero attached hydrogens (tertiary/aromatic N) is 1. The lowest BCUT2D eigenvalue weighted by Gasteiger charge is -2.38. The van der Waals surface area contributed by atoms with Crippen LogP contribution in [0.15, 0.2) is 18.2 Å². The lowest BCUT2D eigenvalue weighted by molar-refractivity contribution is 0.00938. The maximum absolute atomic E-state index is 12.8. The van der Waals surface area contributed by atoms with Crippen molar-refractivity contribution in [3.8, 4) is 0 Å². The number of carbonyl (C=O) groups is 1. The first-order chi connectivity index (χ1) is 12.5. The molecule has 3 aliphatic rings. The lowest BCUT2D eigenvalue weighted by Crippen LogP contribution is -2.43. The molecule has 1 spiro atoms. The zero-order valence-electron chi connectivity index (χ0n) is 16.1. The van der Waals surface area contributed by atoms with Gasteiger partial charge in [0.05, 0.1) is 19.3 Å². The summed E-state index contributed by atoms with van der Waals surface area (Å²) in [5, 5.41) is 0. The van der Waals surface area contributed by atoms with Crippen LogP contribution in [0.5, 0.6) is 0 Å². The largest absolute Gasteiger partial charge is 0.378 e. The van der Waals surface area contributed by atoms with Crippen molar-refractivity contribution in [2.24, 2.45) is 11.3 Å². The minimum atomic E-state index is 0.172. The molecule has 3 fully saturated rings. The number of hydrogen-bond donors (Lipinski definition) is 0. The lowest BCUT2D eigenvalue weighted by atomic mass is 9.76. The van der Waals surface area contributed by atoms with Crippen LogP contribution in [0.4, 0.5) is 0 Å². The molecule has 0 radical (unpaired) electrons. The quantitative estimate of drug-likeness (QED) is 0.806. The molecule has 2 saturated heterocycles. The number of carbonyl (C=O) groups excluding carboxylic acids is 1. The molecule has 26 heavy (non-hydrogen) atoms. The molecule has 1 aliphatic carbocycles. The molecule has 0 bridgehead atoms. The van der Waals surface area contributed by atoms with E-state index >= 15 is 0 Å². The van der Waals surface area contributed by atoms with Crippen molar-refractivity contribution in [3.63, 3.8) is 0 Å². The summed E-state index contributed by atoms with van der Waals surface area (Å²) in [6, 6.07) is 6.03. The van der Waals surface area contributed by atoms with Crippen LogP contribution in [0.1, 0.15) is 53.6 Å². The van der Waals surface area contributed by atoms with E-state index in [1.54, 1.807) is 0 Å². The van der Waals surface area contributed by atoms with Crippen LogP contribution in [0, 0.1) is 25.2 Å². The summed E-state index contributed by atoms with van der Waals surface area (Å²) in [4.78, 5) is 14.8. The number of ether oxygens (including phenoxy) is 2. The Labute approximate surface area is 156 Å². The Kier molecular flexibility index (Phi) is 5.07. The van der Waals surface area contributed by atoms with Gasteiger partial charge in [0.1, 0.15) is 0 Å². The molecule has 1 atom stereocenters. The predicted molar refractivity (Wildman–Crippen MR) is 101 cm³/mol. The third kappa shape index (κ3) is 3.96. The number of hydrogen-bond acceptors (Lipinski definition) is 3. The minimum absolute atomic E-state index is 0.172. The topological polar surface area (TPSA) is 38.8 Å². The number of amides is 1. The van der Waals surface area contributed by atoms with Gasteiger partial charge >= 0.3 is 0 Å². The van der Waals surface area contributed by atoms with E-state index in [0.717, 1.165) is 63.7 Å². The number of piperidine rings is 1. The van der Waals surface area contributed by atoms with Crippen molar-refractivity contribution >= 4 is 5.91 Å². The average Bonchev–Trinajstić information content (AvgIpc) is 3.39. The highest BCUT2D eigenvalue weighted by Gasteiger charge is 2.43. The van der Waals surface area contributed by atoms with Crippen LogP contribution in [0.3, 0.4) is 0 Å². The van der Waals surface area contributed by atoms with Gasteiger partial charge in [-0.2, -0.15) is 0 Å². The van der Waals surface area contributed by atoms with E-state index in [9.17, 15) is 4.79 Å². The van der Waals surface area contributed by atoms with Crippen molar-refractivity contribution in [2.75, 3.05) is 32.9 Å². The minimum Gasteiger partial charge on any atom is -0.378 e. The highest BCUT2D eigenvalue weighted by molar-refractivity contribution is 5.94. The Balaban J connectivity index is 1.28. The summed E-state index contributed by atoms with van der Waals surface area (Å²) in [5.74, 6) is 0.983. The smallest absolute Gasteiger partial charge is 0.253 e. The Bertz CT molecular complexity index is 659. The van der Waals surface area contributed by atoms with Gasteiger partial charge in [-0.05, 0) is 80.5 Å². The molecular formula is C22H31NO3. The highest BCUT2D eigenvalue weighted by Crippen LogP contribution is 2.42. The summed E-state index contributed by atoms with van der Waals surface area (Å²) in [6.45, 7) is 8.30. The van der Waals surface area contributed by atoms with Gasteiger partial charge in [0.25, 0.3) is 5.91 Å². The molecule has 2 aliphatic heterocycles. The van der Waals surface area contributed by atoms with Crippen molar-refractivity contribution in [2.45, 2.75) is 52.1 Å². The molecule has 1 amide bonds. The third-order valence-corrected chi connectivity index (χ3v) is 6.51. The highest BCUT2D eigenvalue weighted by atomic mass is 16.5. The maximum Gasteiger partial charge on any atom is 0.253 e. The molecule has 4 nitrogen and oxygen atoms in total. The Morgan fingerprint density at radius 1 is 1.19 bits per heavy atom. The van der Waals surface area contributed by atoms with Crippen molar-refractivity contribution in [3.05, 3.63) is 34.9 Å². The van der Waals surface area contributed by atoms with Gasteiger partial charge in [0.15, 0.2) is 0 Å². The first-order valence-electron chi connectivity index (χ1n) is 10.1. The number of rotatable bonds is 5. The van der Waals surface area contributed by atoms with Gasteiger partial charge in [0.2, 0.25) is 0 Å². The van der Waals surface area contributed by atoms with Crippen LogP contribution in [0.2, 0.25) is 0 Å². The van der Waals surface area contributed by atoms with E-state index in [1.807, 2.05) is 23.1 Å². The third-order valence-electron chi connectivity index (χ3n) is 6.51. The summed E-state index contributed by atoms with van der Waals surface area (Å²) in [7, 11) is 0. The van der Waals surface area contributed by atoms with E-state index in [-0.39, 0.29) is 17.4 Å². The summed E-state index contributed by atoms with van der Waals surface area (Å²) in [5.41, 5.74) is 3.49. The van der Waals surface area contributed by atoms with Gasteiger partial charge in [-0.25, -0.2) is 0 Å². The van der Waals surface area contributed by atoms with Crippen LogP contribution in [-0.2, 0) is 9.47 Å². The molecular weight excluding hydrogens is 326 g/mol. The summed E-state index contributed by atoms with van der Waals surface area (Å²) >= 11 is 0. The Morgan fingerprint density at radius 2 is 1.96 bits per heavy atom. The molecule has 142 valence electrons. The van der Waals surface area contributed by atoms with E-state index in [1.165, 1.54) is 24.0 Å². The van der Waals surface area contributed by atoms with Crippen molar-refractivity contribution in [1.82, 2.24) is 4.90 Å². The fourth-order valence-electron chi connectivity index (χ4n) is 4.24. The van der Waals surface area contributed by atoms with Crippen molar-refractivity contribution in [1.29, 1.82) is 0 Å². The molecule has 1 aromatic carbocycles. The second kappa shape index (κ2) is 7.32. The fourth-order valence-corrected chi connectivity index (χ4v) is 4.24.